The van der Waals surface area contributed by atoms with E-state index in [1.807, 2.05) is 0 Å². The van der Waals surface area contributed by atoms with Gasteiger partial charge in [0.1, 0.15) is 6.33 Å². The van der Waals surface area contributed by atoms with Crippen molar-refractivity contribution in [3.8, 4) is 5.88 Å². The van der Waals surface area contributed by atoms with Crippen LogP contribution in [-0.4, -0.2) is 58.2 Å². The minimum absolute atomic E-state index is 0.166. The van der Waals surface area contributed by atoms with E-state index in [4.69, 9.17) is 10.5 Å². The van der Waals surface area contributed by atoms with Crippen molar-refractivity contribution in [1.29, 1.82) is 0 Å². The highest BCUT2D eigenvalue weighted by atomic mass is 16.5. The molecule has 2 heterocycles. The number of urea groups is 1. The Morgan fingerprint density at radius 1 is 1.50 bits per heavy atom. The summed E-state index contributed by atoms with van der Waals surface area (Å²) in [6, 6.07) is -0.166. The molecule has 9 nitrogen and oxygen atoms in total. The minimum atomic E-state index is -0.166. The van der Waals surface area contributed by atoms with Crippen molar-refractivity contribution >= 4 is 23.1 Å². The van der Waals surface area contributed by atoms with Crippen LogP contribution in [0.3, 0.4) is 0 Å². The van der Waals surface area contributed by atoms with Crippen LogP contribution in [0.25, 0.3) is 11.2 Å². The van der Waals surface area contributed by atoms with Crippen molar-refractivity contribution in [2.24, 2.45) is 0 Å². The molecule has 108 valence electrons. The normalized spacial score (nSPS) is 10.6. The fourth-order valence-corrected chi connectivity index (χ4v) is 1.74. The van der Waals surface area contributed by atoms with Crippen molar-refractivity contribution in [3.63, 3.8) is 0 Å². The number of nitrogens with two attached hydrogens (primary N) is 1. The Kier molecular flexibility index (Phi) is 3.87. The van der Waals surface area contributed by atoms with E-state index in [0.29, 0.717) is 36.1 Å². The zero-order valence-electron chi connectivity index (χ0n) is 11.6. The molecule has 0 fully saturated rings. The molecule has 0 bridgehead atoms. The van der Waals surface area contributed by atoms with Gasteiger partial charge in [0, 0.05) is 27.2 Å². The van der Waals surface area contributed by atoms with Gasteiger partial charge in [-0.1, -0.05) is 0 Å². The molecule has 2 rings (SSSR count). The van der Waals surface area contributed by atoms with Gasteiger partial charge >= 0.3 is 6.03 Å². The van der Waals surface area contributed by atoms with Gasteiger partial charge in [-0.3, -0.25) is 4.57 Å². The summed E-state index contributed by atoms with van der Waals surface area (Å²) in [6.07, 6.45) is 1.39. The lowest BCUT2D eigenvalue weighted by Crippen LogP contribution is -2.36. The molecule has 0 aliphatic carbocycles. The van der Waals surface area contributed by atoms with Gasteiger partial charge in [-0.2, -0.15) is 4.98 Å². The predicted octanol–water partition coefficient (Wildman–Crippen LogP) is -0.312. The Bertz CT molecular complexity index is 623. The number of hydrogen-bond donors (Lipinski definition) is 2. The maximum atomic E-state index is 11.4. The number of anilines is 1. The number of amides is 2. The number of carbonyl (C=O) groups is 1. The van der Waals surface area contributed by atoms with Crippen molar-refractivity contribution in [1.82, 2.24) is 29.7 Å². The molecular weight excluding hydrogens is 262 g/mol. The zero-order chi connectivity index (χ0) is 14.7. The summed E-state index contributed by atoms with van der Waals surface area (Å²) >= 11 is 0. The third kappa shape index (κ3) is 2.56. The van der Waals surface area contributed by atoms with Crippen LogP contribution in [0.5, 0.6) is 5.88 Å². The summed E-state index contributed by atoms with van der Waals surface area (Å²) in [4.78, 5) is 25.2. The average Bonchev–Trinajstić information content (AvgIpc) is 2.74. The number of carbonyl (C=O) groups excluding carboxylic acids is 1. The Balaban J connectivity index is 2.18. The molecule has 0 aliphatic heterocycles. The van der Waals surface area contributed by atoms with E-state index < -0.39 is 0 Å². The maximum Gasteiger partial charge on any atom is 0.316 e. The molecule has 0 unspecified atom stereocenters. The molecule has 0 saturated heterocycles. The predicted molar refractivity (Wildman–Crippen MR) is 73.4 cm³/mol. The number of methoxy groups -OCH3 is 1. The highest BCUT2D eigenvalue weighted by Crippen LogP contribution is 2.22. The molecule has 2 amide bonds. The number of rotatable bonds is 4. The van der Waals surface area contributed by atoms with Crippen molar-refractivity contribution in [2.45, 2.75) is 6.54 Å². The molecule has 0 saturated carbocycles. The first-order valence-electron chi connectivity index (χ1n) is 6.00. The van der Waals surface area contributed by atoms with Gasteiger partial charge in [-0.05, 0) is 0 Å². The van der Waals surface area contributed by atoms with Crippen LogP contribution >= 0.6 is 0 Å². The van der Waals surface area contributed by atoms with E-state index in [0.717, 1.165) is 0 Å². The third-order valence-corrected chi connectivity index (χ3v) is 2.74. The van der Waals surface area contributed by atoms with E-state index >= 15 is 0 Å². The average molecular weight is 279 g/mol. The number of hydrogen-bond acceptors (Lipinski definition) is 6. The standard InChI is InChI=1S/C11H17N7O2/c1-17(2)11(19)13-4-5-18-8-7(16-10(18)12)9(20-3)15-6-14-8/h6H,4-5H2,1-3H3,(H2,12,16)(H,13,19). The quantitative estimate of drug-likeness (QED) is 0.794. The highest BCUT2D eigenvalue weighted by molar-refractivity contribution is 5.79. The second-order valence-electron chi connectivity index (χ2n) is 4.30. The first-order valence-corrected chi connectivity index (χ1v) is 6.00. The van der Waals surface area contributed by atoms with Gasteiger partial charge in [0.2, 0.25) is 11.8 Å². The van der Waals surface area contributed by atoms with E-state index in [1.165, 1.54) is 18.3 Å². The Morgan fingerprint density at radius 2 is 2.25 bits per heavy atom. The molecular formula is C11H17N7O2. The highest BCUT2D eigenvalue weighted by Gasteiger charge is 2.14. The van der Waals surface area contributed by atoms with Crippen molar-refractivity contribution in [3.05, 3.63) is 6.33 Å². The Morgan fingerprint density at radius 3 is 2.90 bits per heavy atom. The van der Waals surface area contributed by atoms with Crippen LogP contribution < -0.4 is 15.8 Å². The summed E-state index contributed by atoms with van der Waals surface area (Å²) in [5, 5.41) is 2.75. The lowest BCUT2D eigenvalue weighted by atomic mass is 10.5. The second-order valence-corrected chi connectivity index (χ2v) is 4.30. The fraction of sp³-hybridized carbons (Fsp3) is 0.455. The largest absolute Gasteiger partial charge is 0.479 e. The van der Waals surface area contributed by atoms with Crippen LogP contribution in [0, 0.1) is 0 Å². The maximum absolute atomic E-state index is 11.4. The van der Waals surface area contributed by atoms with Crippen LogP contribution in [0.2, 0.25) is 0 Å². The smallest absolute Gasteiger partial charge is 0.316 e. The molecule has 20 heavy (non-hydrogen) atoms. The third-order valence-electron chi connectivity index (χ3n) is 2.74. The van der Waals surface area contributed by atoms with Gasteiger partial charge in [0.25, 0.3) is 0 Å². The molecule has 0 atom stereocenters. The lowest BCUT2D eigenvalue weighted by Gasteiger charge is -2.12. The van der Waals surface area contributed by atoms with E-state index in [9.17, 15) is 4.79 Å². The molecule has 3 N–H and O–H groups in total. The first-order chi connectivity index (χ1) is 9.54. The van der Waals surface area contributed by atoms with Gasteiger partial charge < -0.3 is 20.7 Å². The number of ether oxygens (including phenoxy) is 1. The van der Waals surface area contributed by atoms with Gasteiger partial charge in [-0.15, -0.1) is 0 Å². The topological polar surface area (TPSA) is 111 Å². The summed E-state index contributed by atoms with van der Waals surface area (Å²) in [5.74, 6) is 0.677. The summed E-state index contributed by atoms with van der Waals surface area (Å²) in [5.41, 5.74) is 6.94. The summed E-state index contributed by atoms with van der Waals surface area (Å²) in [7, 11) is 4.86. The zero-order valence-corrected chi connectivity index (χ0v) is 11.6. The van der Waals surface area contributed by atoms with E-state index in [-0.39, 0.29) is 6.03 Å². The Labute approximate surface area is 115 Å². The van der Waals surface area contributed by atoms with Crippen LogP contribution in [0.4, 0.5) is 10.7 Å². The second kappa shape index (κ2) is 5.59. The van der Waals surface area contributed by atoms with E-state index in [1.54, 1.807) is 18.7 Å². The number of aromatic nitrogens is 4. The van der Waals surface area contributed by atoms with Crippen molar-refractivity contribution in [2.75, 3.05) is 33.5 Å². The van der Waals surface area contributed by atoms with E-state index in [2.05, 4.69) is 20.3 Å². The first kappa shape index (κ1) is 13.8. The molecule has 2 aromatic heterocycles. The fourth-order valence-electron chi connectivity index (χ4n) is 1.74. The number of imidazole rings is 1. The molecule has 0 aromatic carbocycles. The van der Waals surface area contributed by atoms with Gasteiger partial charge in [0.15, 0.2) is 11.2 Å². The number of nitrogens with one attached hydrogen (secondary N) is 1. The Hall–Kier alpha value is -2.58. The lowest BCUT2D eigenvalue weighted by molar-refractivity contribution is 0.217. The SMILES string of the molecule is COc1ncnc2c1nc(N)n2CCNC(=O)N(C)C. The summed E-state index contributed by atoms with van der Waals surface area (Å²) < 4.78 is 6.81. The van der Waals surface area contributed by atoms with Crippen LogP contribution in [-0.2, 0) is 6.54 Å². The van der Waals surface area contributed by atoms with Crippen molar-refractivity contribution < 1.29 is 9.53 Å². The molecule has 2 aromatic rings. The number of nitrogens with zero attached hydrogens (tertiary/aromatic N) is 5. The molecule has 0 spiro atoms. The summed E-state index contributed by atoms with van der Waals surface area (Å²) in [6.45, 7) is 0.876. The number of nitrogen functional groups attached to an aromatic ring is 1. The molecule has 9 heteroatoms. The van der Waals surface area contributed by atoms with Gasteiger partial charge in [-0.25, -0.2) is 14.8 Å². The minimum Gasteiger partial charge on any atom is -0.479 e. The van der Waals surface area contributed by atoms with Crippen LogP contribution in [0.15, 0.2) is 6.33 Å². The number of fused-ring (bicyclic) bond motifs is 1. The molecule has 0 aliphatic rings. The molecule has 0 radical (unpaired) electrons. The monoisotopic (exact) mass is 279 g/mol. The van der Waals surface area contributed by atoms with Crippen LogP contribution in [0.1, 0.15) is 0 Å². The van der Waals surface area contributed by atoms with Gasteiger partial charge in [0.05, 0.1) is 7.11 Å².